The highest BCUT2D eigenvalue weighted by molar-refractivity contribution is 5.78. The highest BCUT2D eigenvalue weighted by Gasteiger charge is 2.30. The van der Waals surface area contributed by atoms with Gasteiger partial charge in [-0.2, -0.15) is 18.3 Å². The first-order valence-electron chi connectivity index (χ1n) is 6.53. The van der Waals surface area contributed by atoms with E-state index in [2.05, 4.69) is 15.1 Å². The molecule has 1 N–H and O–H groups in total. The van der Waals surface area contributed by atoms with Gasteiger partial charge in [0.25, 0.3) is 5.56 Å². The second-order valence-electron chi connectivity index (χ2n) is 4.77. The molecule has 3 rings (SSSR count). The van der Waals surface area contributed by atoms with Crippen molar-refractivity contribution in [2.75, 3.05) is 0 Å². The minimum Gasteiger partial charge on any atom is -0.290 e. The number of H-pyrrole nitrogens is 1. The van der Waals surface area contributed by atoms with Crippen LogP contribution in [0, 0.1) is 0 Å². The Morgan fingerprint density at radius 1 is 1.32 bits per heavy atom. The maximum absolute atomic E-state index is 12.7. The van der Waals surface area contributed by atoms with Crippen molar-refractivity contribution in [1.29, 1.82) is 0 Å². The van der Waals surface area contributed by atoms with Gasteiger partial charge in [-0.15, -0.1) is 0 Å². The average Bonchev–Trinajstić information content (AvgIpc) is 2.94. The summed E-state index contributed by atoms with van der Waals surface area (Å²) >= 11 is 0. The van der Waals surface area contributed by atoms with E-state index in [0.29, 0.717) is 0 Å². The van der Waals surface area contributed by atoms with E-state index in [1.54, 1.807) is 12.4 Å². The highest BCUT2D eigenvalue weighted by Crippen LogP contribution is 2.30. The maximum Gasteiger partial charge on any atom is 0.416 e. The van der Waals surface area contributed by atoms with Crippen molar-refractivity contribution in [2.24, 2.45) is 0 Å². The molecular formula is C14H11F3N4O. The molecule has 0 saturated carbocycles. The van der Waals surface area contributed by atoms with E-state index in [-0.39, 0.29) is 16.9 Å². The van der Waals surface area contributed by atoms with Crippen LogP contribution in [0.1, 0.15) is 18.1 Å². The fraction of sp³-hybridized carbons (Fsp3) is 0.214. The molecule has 0 fully saturated rings. The molecule has 0 unspecified atom stereocenters. The molecule has 3 aromatic rings. The van der Waals surface area contributed by atoms with Crippen molar-refractivity contribution in [1.82, 2.24) is 19.7 Å². The van der Waals surface area contributed by atoms with Crippen molar-refractivity contribution < 1.29 is 13.2 Å². The second kappa shape index (κ2) is 4.97. The lowest BCUT2D eigenvalue weighted by Gasteiger charge is -2.08. The lowest BCUT2D eigenvalue weighted by molar-refractivity contribution is -0.137. The summed E-state index contributed by atoms with van der Waals surface area (Å²) in [6.07, 6.45) is -0.394. The molecule has 0 aliphatic heterocycles. The number of benzene rings is 1. The van der Waals surface area contributed by atoms with E-state index < -0.39 is 17.3 Å². The zero-order valence-electron chi connectivity index (χ0n) is 11.5. The van der Waals surface area contributed by atoms with Gasteiger partial charge in [-0.3, -0.25) is 9.78 Å². The summed E-state index contributed by atoms with van der Waals surface area (Å²) in [5.74, 6) is 0.164. The van der Waals surface area contributed by atoms with Gasteiger partial charge in [0.2, 0.25) is 5.95 Å². The predicted octanol–water partition coefficient (Wildman–Crippen LogP) is 2.69. The van der Waals surface area contributed by atoms with E-state index in [4.69, 9.17) is 0 Å². The number of rotatable bonds is 2. The fourth-order valence-electron chi connectivity index (χ4n) is 2.07. The van der Waals surface area contributed by atoms with Gasteiger partial charge in [-0.25, -0.2) is 9.67 Å². The Kier molecular flexibility index (Phi) is 3.23. The Morgan fingerprint density at radius 3 is 2.73 bits per heavy atom. The van der Waals surface area contributed by atoms with E-state index in [1.807, 2.05) is 6.92 Å². The summed E-state index contributed by atoms with van der Waals surface area (Å²) in [7, 11) is 0. The van der Waals surface area contributed by atoms with Gasteiger partial charge >= 0.3 is 6.18 Å². The maximum atomic E-state index is 12.7. The van der Waals surface area contributed by atoms with Crippen LogP contribution in [0.5, 0.6) is 0 Å². The van der Waals surface area contributed by atoms with E-state index >= 15 is 0 Å². The van der Waals surface area contributed by atoms with Gasteiger partial charge in [0.1, 0.15) is 0 Å². The van der Waals surface area contributed by atoms with E-state index in [0.717, 1.165) is 24.1 Å². The topological polar surface area (TPSA) is 63.6 Å². The van der Waals surface area contributed by atoms with Crippen LogP contribution in [0.15, 0.2) is 35.4 Å². The Balaban J connectivity index is 2.15. The van der Waals surface area contributed by atoms with Gasteiger partial charge in [-0.1, -0.05) is 6.92 Å². The van der Waals surface area contributed by atoms with Gasteiger partial charge in [-0.05, 0) is 30.2 Å². The lowest BCUT2D eigenvalue weighted by atomic mass is 10.1. The van der Waals surface area contributed by atoms with Crippen LogP contribution in [0.4, 0.5) is 13.2 Å². The van der Waals surface area contributed by atoms with Crippen LogP contribution in [0.3, 0.4) is 0 Å². The lowest BCUT2D eigenvalue weighted by Crippen LogP contribution is -2.15. The molecule has 0 aliphatic rings. The van der Waals surface area contributed by atoms with Gasteiger partial charge in [0.15, 0.2) is 0 Å². The molecule has 5 nitrogen and oxygen atoms in total. The number of fused-ring (bicyclic) bond motifs is 1. The number of hydrogen-bond donors (Lipinski definition) is 1. The molecule has 2 aromatic heterocycles. The first-order chi connectivity index (χ1) is 10.4. The standard InChI is InChI=1S/C14H11F3N4O/c1-2-8-6-18-21(7-8)13-19-11-4-3-9(14(15,16)17)5-10(11)12(22)20-13/h3-7H,2H2,1H3,(H,19,20,22). The number of aromatic nitrogens is 4. The van der Waals surface area contributed by atoms with Crippen molar-refractivity contribution >= 4 is 10.9 Å². The molecule has 8 heteroatoms. The Morgan fingerprint density at radius 2 is 2.09 bits per heavy atom. The quantitative estimate of drug-likeness (QED) is 0.791. The number of aromatic amines is 1. The number of nitrogens with zero attached hydrogens (tertiary/aromatic N) is 3. The van der Waals surface area contributed by atoms with Gasteiger partial charge in [0.05, 0.1) is 22.7 Å². The molecule has 0 radical (unpaired) electrons. The Bertz CT molecular complexity index is 895. The van der Waals surface area contributed by atoms with Crippen LogP contribution in [0.25, 0.3) is 16.9 Å². The molecule has 0 spiro atoms. The number of hydrogen-bond acceptors (Lipinski definition) is 3. The molecule has 0 saturated heterocycles. The van der Waals surface area contributed by atoms with Crippen LogP contribution in [-0.2, 0) is 12.6 Å². The summed E-state index contributed by atoms with van der Waals surface area (Å²) in [6, 6.07) is 2.88. The fourth-order valence-corrected chi connectivity index (χ4v) is 2.07. The molecule has 2 heterocycles. The largest absolute Gasteiger partial charge is 0.416 e. The summed E-state index contributed by atoms with van der Waals surface area (Å²) in [4.78, 5) is 18.6. The first-order valence-corrected chi connectivity index (χ1v) is 6.53. The normalized spacial score (nSPS) is 12.0. The summed E-state index contributed by atoms with van der Waals surface area (Å²) in [5.41, 5.74) is -0.387. The SMILES string of the molecule is CCc1cnn(-c2nc3ccc(C(F)(F)F)cc3c(=O)[nH]2)c1. The zero-order valence-corrected chi connectivity index (χ0v) is 11.5. The highest BCUT2D eigenvalue weighted by atomic mass is 19.4. The third-order valence-corrected chi connectivity index (χ3v) is 3.28. The number of alkyl halides is 3. The van der Waals surface area contributed by atoms with Crippen molar-refractivity contribution in [3.8, 4) is 5.95 Å². The minimum absolute atomic E-state index is 0.110. The van der Waals surface area contributed by atoms with Crippen LogP contribution >= 0.6 is 0 Å². The first kappa shape index (κ1) is 14.3. The average molecular weight is 308 g/mol. The number of aryl methyl sites for hydroxylation is 1. The molecule has 0 aliphatic carbocycles. The van der Waals surface area contributed by atoms with Crippen molar-refractivity contribution in [2.45, 2.75) is 19.5 Å². The molecule has 114 valence electrons. The van der Waals surface area contributed by atoms with Gasteiger partial charge < -0.3 is 0 Å². The van der Waals surface area contributed by atoms with E-state index in [1.165, 1.54) is 10.7 Å². The van der Waals surface area contributed by atoms with Gasteiger partial charge in [0, 0.05) is 6.20 Å². The Labute approximate surface area is 122 Å². The molecule has 0 atom stereocenters. The minimum atomic E-state index is -4.50. The Hall–Kier alpha value is -2.64. The molecular weight excluding hydrogens is 297 g/mol. The van der Waals surface area contributed by atoms with Crippen LogP contribution in [0.2, 0.25) is 0 Å². The third kappa shape index (κ3) is 2.47. The number of nitrogens with one attached hydrogen (secondary N) is 1. The molecule has 0 bridgehead atoms. The summed E-state index contributed by atoms with van der Waals surface area (Å²) < 4.78 is 39.4. The molecule has 1 aromatic carbocycles. The van der Waals surface area contributed by atoms with E-state index in [9.17, 15) is 18.0 Å². The third-order valence-electron chi connectivity index (χ3n) is 3.28. The molecule has 0 amide bonds. The summed E-state index contributed by atoms with van der Waals surface area (Å²) in [6.45, 7) is 1.95. The zero-order chi connectivity index (χ0) is 15.9. The van der Waals surface area contributed by atoms with Crippen LogP contribution < -0.4 is 5.56 Å². The molecule has 22 heavy (non-hydrogen) atoms. The second-order valence-corrected chi connectivity index (χ2v) is 4.77. The number of halogens is 3. The van der Waals surface area contributed by atoms with Crippen LogP contribution in [-0.4, -0.2) is 19.7 Å². The summed E-state index contributed by atoms with van der Waals surface area (Å²) in [5, 5.41) is 3.96. The smallest absolute Gasteiger partial charge is 0.290 e. The van der Waals surface area contributed by atoms with Crippen molar-refractivity contribution in [3.63, 3.8) is 0 Å². The monoisotopic (exact) mass is 308 g/mol. The predicted molar refractivity (Wildman–Crippen MR) is 73.9 cm³/mol. The van der Waals surface area contributed by atoms with Crippen molar-refractivity contribution in [3.05, 3.63) is 52.1 Å².